The Kier molecular flexibility index (Phi) is 3.69. The first-order valence-electron chi connectivity index (χ1n) is 5.72. The Bertz CT molecular complexity index is 549. The van der Waals surface area contributed by atoms with E-state index >= 15 is 0 Å². The highest BCUT2D eigenvalue weighted by molar-refractivity contribution is 6.03. The van der Waals surface area contributed by atoms with Crippen LogP contribution in [0.3, 0.4) is 0 Å². The molecule has 0 atom stereocenters. The molecule has 0 spiro atoms. The fourth-order valence-corrected chi connectivity index (χ4v) is 1.57. The molecule has 18 heavy (non-hydrogen) atoms. The second kappa shape index (κ2) is 5.42. The molecule has 3 N–H and O–H groups in total. The van der Waals surface area contributed by atoms with Crippen LogP contribution in [0.15, 0.2) is 42.6 Å². The van der Waals surface area contributed by atoms with Gasteiger partial charge >= 0.3 is 0 Å². The molecule has 1 heterocycles. The molecule has 1 aromatic carbocycles. The number of rotatable bonds is 3. The predicted molar refractivity (Wildman–Crippen MR) is 71.3 cm³/mol. The Balaban J connectivity index is 2.14. The predicted octanol–water partition coefficient (Wildman–Crippen LogP) is 2.10. The van der Waals surface area contributed by atoms with Crippen LogP contribution < -0.4 is 11.1 Å². The molecule has 0 fully saturated rings. The van der Waals surface area contributed by atoms with Crippen molar-refractivity contribution >= 4 is 11.7 Å². The van der Waals surface area contributed by atoms with Crippen molar-refractivity contribution in [2.24, 2.45) is 5.73 Å². The molecule has 0 aliphatic rings. The van der Waals surface area contributed by atoms with Crippen molar-refractivity contribution in [2.45, 2.75) is 13.5 Å². The summed E-state index contributed by atoms with van der Waals surface area (Å²) in [4.78, 5) is 16.1. The van der Waals surface area contributed by atoms with Crippen molar-refractivity contribution in [3.8, 4) is 0 Å². The van der Waals surface area contributed by atoms with Crippen molar-refractivity contribution in [1.29, 1.82) is 0 Å². The first-order valence-corrected chi connectivity index (χ1v) is 5.72. The summed E-state index contributed by atoms with van der Waals surface area (Å²) in [5, 5.41) is 2.75. The molecule has 0 aliphatic carbocycles. The normalized spacial score (nSPS) is 10.1. The number of amides is 1. The average molecular weight is 241 g/mol. The molecule has 0 saturated carbocycles. The Hall–Kier alpha value is -2.20. The third kappa shape index (κ3) is 2.93. The number of anilines is 1. The third-order valence-electron chi connectivity index (χ3n) is 2.58. The summed E-state index contributed by atoms with van der Waals surface area (Å²) >= 11 is 0. The van der Waals surface area contributed by atoms with Gasteiger partial charge in [0.2, 0.25) is 0 Å². The first-order chi connectivity index (χ1) is 8.69. The van der Waals surface area contributed by atoms with E-state index in [0.29, 0.717) is 17.9 Å². The fraction of sp³-hybridized carbons (Fsp3) is 0.143. The smallest absolute Gasteiger partial charge is 0.256 e. The van der Waals surface area contributed by atoms with Gasteiger partial charge in [-0.25, -0.2) is 4.98 Å². The summed E-state index contributed by atoms with van der Waals surface area (Å²) in [5.41, 5.74) is 8.11. The van der Waals surface area contributed by atoms with Crippen LogP contribution in [0.2, 0.25) is 0 Å². The molecule has 4 heteroatoms. The van der Waals surface area contributed by atoms with Gasteiger partial charge in [-0.2, -0.15) is 0 Å². The zero-order chi connectivity index (χ0) is 13.0. The van der Waals surface area contributed by atoms with Crippen LogP contribution in [0, 0.1) is 6.92 Å². The molecule has 0 unspecified atom stereocenters. The van der Waals surface area contributed by atoms with E-state index in [1.807, 2.05) is 25.1 Å². The molecule has 2 aromatic rings. The van der Waals surface area contributed by atoms with E-state index in [0.717, 1.165) is 11.1 Å². The molecule has 0 radical (unpaired) electrons. The van der Waals surface area contributed by atoms with E-state index in [1.54, 1.807) is 24.4 Å². The van der Waals surface area contributed by atoms with Crippen molar-refractivity contribution in [1.82, 2.24) is 4.98 Å². The SMILES string of the molecule is Cc1ccc(NC(=O)c2cccc(CN)c2)nc1. The van der Waals surface area contributed by atoms with Crippen LogP contribution in [0.4, 0.5) is 5.82 Å². The van der Waals surface area contributed by atoms with Crippen LogP contribution in [0.5, 0.6) is 0 Å². The number of carbonyl (C=O) groups is 1. The number of nitrogens with one attached hydrogen (secondary N) is 1. The lowest BCUT2D eigenvalue weighted by atomic mass is 10.1. The lowest BCUT2D eigenvalue weighted by molar-refractivity contribution is 0.102. The van der Waals surface area contributed by atoms with E-state index in [1.165, 1.54) is 0 Å². The molecule has 2 rings (SSSR count). The minimum Gasteiger partial charge on any atom is -0.326 e. The van der Waals surface area contributed by atoms with Gasteiger partial charge in [0.05, 0.1) is 0 Å². The number of hydrogen-bond donors (Lipinski definition) is 2. The summed E-state index contributed by atoms with van der Waals surface area (Å²) in [5.74, 6) is 0.366. The maximum absolute atomic E-state index is 12.0. The largest absolute Gasteiger partial charge is 0.326 e. The first kappa shape index (κ1) is 12.3. The summed E-state index contributed by atoms with van der Waals surface area (Å²) in [6.07, 6.45) is 1.71. The lowest BCUT2D eigenvalue weighted by Crippen LogP contribution is -2.13. The summed E-state index contributed by atoms with van der Waals surface area (Å²) in [6, 6.07) is 10.9. The zero-order valence-corrected chi connectivity index (χ0v) is 10.2. The van der Waals surface area contributed by atoms with Gasteiger partial charge in [0.15, 0.2) is 0 Å². The zero-order valence-electron chi connectivity index (χ0n) is 10.2. The number of carbonyl (C=O) groups excluding carboxylic acids is 1. The lowest BCUT2D eigenvalue weighted by Gasteiger charge is -2.05. The minimum atomic E-state index is -0.179. The maximum Gasteiger partial charge on any atom is 0.256 e. The topological polar surface area (TPSA) is 68.0 Å². The molecule has 1 amide bonds. The maximum atomic E-state index is 12.0. The van der Waals surface area contributed by atoms with Crippen LogP contribution in [0.25, 0.3) is 0 Å². The van der Waals surface area contributed by atoms with Gasteiger partial charge in [0.25, 0.3) is 5.91 Å². The third-order valence-corrected chi connectivity index (χ3v) is 2.58. The molecule has 4 nitrogen and oxygen atoms in total. The molecule has 92 valence electrons. The molecule has 0 aliphatic heterocycles. The molecule has 0 bridgehead atoms. The fourth-order valence-electron chi connectivity index (χ4n) is 1.57. The van der Waals surface area contributed by atoms with Crippen LogP contribution in [-0.2, 0) is 6.54 Å². The standard InChI is InChI=1S/C14H15N3O/c1-10-5-6-13(16-9-10)17-14(18)12-4-2-3-11(7-12)8-15/h2-7,9H,8,15H2,1H3,(H,16,17,18). The number of nitrogens with zero attached hydrogens (tertiary/aromatic N) is 1. The highest BCUT2D eigenvalue weighted by atomic mass is 16.1. The van der Waals surface area contributed by atoms with Crippen LogP contribution in [0.1, 0.15) is 21.5 Å². The second-order valence-corrected chi connectivity index (χ2v) is 4.08. The number of aryl methyl sites for hydroxylation is 1. The number of pyridine rings is 1. The van der Waals surface area contributed by atoms with Gasteiger partial charge < -0.3 is 11.1 Å². The number of hydrogen-bond acceptors (Lipinski definition) is 3. The Morgan fingerprint density at radius 2 is 2.17 bits per heavy atom. The summed E-state index contributed by atoms with van der Waals surface area (Å²) in [6.45, 7) is 2.37. The van der Waals surface area contributed by atoms with Crippen molar-refractivity contribution in [3.05, 3.63) is 59.3 Å². The van der Waals surface area contributed by atoms with Crippen molar-refractivity contribution < 1.29 is 4.79 Å². The minimum absolute atomic E-state index is 0.179. The van der Waals surface area contributed by atoms with Crippen molar-refractivity contribution in [3.63, 3.8) is 0 Å². The van der Waals surface area contributed by atoms with Gasteiger partial charge in [0.1, 0.15) is 5.82 Å². The van der Waals surface area contributed by atoms with Gasteiger partial charge in [0, 0.05) is 18.3 Å². The van der Waals surface area contributed by atoms with Crippen molar-refractivity contribution in [2.75, 3.05) is 5.32 Å². The van der Waals surface area contributed by atoms with E-state index in [2.05, 4.69) is 10.3 Å². The van der Waals surface area contributed by atoms with E-state index in [9.17, 15) is 4.79 Å². The summed E-state index contributed by atoms with van der Waals surface area (Å²) in [7, 11) is 0. The number of benzene rings is 1. The van der Waals surface area contributed by atoms with Gasteiger partial charge in [-0.15, -0.1) is 0 Å². The average Bonchev–Trinajstić information content (AvgIpc) is 2.41. The van der Waals surface area contributed by atoms with E-state index in [-0.39, 0.29) is 5.91 Å². The second-order valence-electron chi connectivity index (χ2n) is 4.08. The molecular formula is C14H15N3O. The highest BCUT2D eigenvalue weighted by Gasteiger charge is 2.06. The van der Waals surface area contributed by atoms with Crippen LogP contribution >= 0.6 is 0 Å². The van der Waals surface area contributed by atoms with Crippen LogP contribution in [-0.4, -0.2) is 10.9 Å². The molecule has 0 saturated heterocycles. The van der Waals surface area contributed by atoms with Gasteiger partial charge in [-0.1, -0.05) is 18.2 Å². The Morgan fingerprint density at radius 1 is 1.33 bits per heavy atom. The molecular weight excluding hydrogens is 226 g/mol. The Morgan fingerprint density at radius 3 is 2.83 bits per heavy atom. The highest BCUT2D eigenvalue weighted by Crippen LogP contribution is 2.09. The Labute approximate surface area is 106 Å². The molecule has 1 aromatic heterocycles. The summed E-state index contributed by atoms with van der Waals surface area (Å²) < 4.78 is 0. The van der Waals surface area contributed by atoms with Gasteiger partial charge in [-0.3, -0.25) is 4.79 Å². The van der Waals surface area contributed by atoms with E-state index < -0.39 is 0 Å². The number of aromatic nitrogens is 1. The van der Waals surface area contributed by atoms with E-state index in [4.69, 9.17) is 5.73 Å². The quantitative estimate of drug-likeness (QED) is 0.864. The number of nitrogens with two attached hydrogens (primary N) is 1. The van der Waals surface area contributed by atoms with Gasteiger partial charge in [-0.05, 0) is 36.2 Å². The monoisotopic (exact) mass is 241 g/mol.